The van der Waals surface area contributed by atoms with Crippen molar-refractivity contribution in [2.45, 2.75) is 174 Å². The summed E-state index contributed by atoms with van der Waals surface area (Å²) in [5, 5.41) is 0. The highest BCUT2D eigenvalue weighted by atomic mass is 16.1. The Bertz CT molecular complexity index is 646. The van der Waals surface area contributed by atoms with Crippen LogP contribution in [0.4, 0.5) is 0 Å². The maximum Gasteiger partial charge on any atom is 0.125 e. The molecule has 0 saturated heterocycles. The zero-order valence-corrected chi connectivity index (χ0v) is 32.7. The highest BCUT2D eigenvalue weighted by molar-refractivity contribution is 5.57. The summed E-state index contributed by atoms with van der Waals surface area (Å²) in [7, 11) is 0. The number of aldehydes is 3. The average molecular weight is 623 g/mol. The van der Waals surface area contributed by atoms with E-state index in [9.17, 15) is 14.4 Å². The smallest absolute Gasteiger partial charge is 0.125 e. The maximum atomic E-state index is 10.7. The topological polar surface area (TPSA) is 51.2 Å². The molecule has 0 radical (unpaired) electrons. The summed E-state index contributed by atoms with van der Waals surface area (Å²) in [4.78, 5) is 31.0. The molecule has 0 fully saturated rings. The lowest BCUT2D eigenvalue weighted by molar-refractivity contribution is -0.115. The Balaban J connectivity index is -0.000000244. The molecule has 0 N–H and O–H groups in total. The summed E-state index contributed by atoms with van der Waals surface area (Å²) in [6.07, 6.45) is 17.7. The third-order valence-electron chi connectivity index (χ3n) is 7.69. The Morgan fingerprint density at radius 2 is 0.977 bits per heavy atom. The molecule has 5 atom stereocenters. The van der Waals surface area contributed by atoms with Crippen LogP contribution < -0.4 is 0 Å². The molecule has 0 bridgehead atoms. The number of carbonyl (C=O) groups is 3. The van der Waals surface area contributed by atoms with Crippen LogP contribution in [0.1, 0.15) is 174 Å². The van der Waals surface area contributed by atoms with Crippen molar-refractivity contribution >= 4 is 18.9 Å². The highest BCUT2D eigenvalue weighted by Gasteiger charge is 2.17. The number of allylic oxidation sites excluding steroid dienone is 1. The number of hydrogen-bond acceptors (Lipinski definition) is 3. The van der Waals surface area contributed by atoms with Gasteiger partial charge < -0.3 is 14.4 Å². The van der Waals surface area contributed by atoms with E-state index in [1.54, 1.807) is 0 Å². The molecule has 0 aliphatic carbocycles. The molecule has 0 heterocycles. The van der Waals surface area contributed by atoms with Crippen LogP contribution in [0, 0.1) is 58.7 Å². The normalized spacial score (nSPS) is 14.6. The predicted octanol–water partition coefficient (Wildman–Crippen LogP) is 12.9. The van der Waals surface area contributed by atoms with Gasteiger partial charge in [0, 0.05) is 17.8 Å². The van der Waals surface area contributed by atoms with E-state index in [0.29, 0.717) is 5.92 Å². The van der Waals surface area contributed by atoms with Gasteiger partial charge in [-0.05, 0) is 105 Å². The third-order valence-corrected chi connectivity index (χ3v) is 7.69. The van der Waals surface area contributed by atoms with E-state index >= 15 is 0 Å². The van der Waals surface area contributed by atoms with Gasteiger partial charge >= 0.3 is 0 Å². The second-order valence-corrected chi connectivity index (χ2v) is 16.6. The largest absolute Gasteiger partial charge is 0.303 e. The first-order valence-electron chi connectivity index (χ1n) is 18.2. The Hall–Kier alpha value is -1.25. The van der Waals surface area contributed by atoms with Crippen molar-refractivity contribution in [3.8, 4) is 0 Å². The summed E-state index contributed by atoms with van der Waals surface area (Å²) in [5.74, 6) is 6.44. The zero-order valence-electron chi connectivity index (χ0n) is 32.7. The standard InChI is InChI=1S/C12H24O.2C10H20O.C9H18/c1-10(2)8-11(3)6-7-12(4,5)9-13;1-8(2)5-9(3)6-10(4)7-11;1-9(2)8-10(3)6-4-5-7-11;1-5-6-9(4)7-8(2)3/h9-11H,6-8H2,1-5H3;7-10H,5-6H2,1-4H3;7,9-10H,4-6,8H2,1-3H3;5,8-9H,1,6-7H2,2-4H3. The average Bonchev–Trinajstić information content (AvgIpc) is 2.87. The molecule has 0 aliphatic heterocycles. The summed E-state index contributed by atoms with van der Waals surface area (Å²) < 4.78 is 0. The van der Waals surface area contributed by atoms with Crippen LogP contribution in [0.2, 0.25) is 0 Å². The van der Waals surface area contributed by atoms with Crippen molar-refractivity contribution in [1.82, 2.24) is 0 Å². The molecule has 5 unspecified atom stereocenters. The molecule has 264 valence electrons. The van der Waals surface area contributed by atoms with Crippen molar-refractivity contribution in [2.75, 3.05) is 0 Å². The summed E-state index contributed by atoms with van der Waals surface area (Å²) in [5.41, 5.74) is -0.120. The molecule has 3 nitrogen and oxygen atoms in total. The fraction of sp³-hybridized carbons (Fsp3) is 0.878. The lowest BCUT2D eigenvalue weighted by atomic mass is 9.84. The molecule has 0 aliphatic rings. The van der Waals surface area contributed by atoms with Gasteiger partial charge in [0.1, 0.15) is 18.9 Å². The van der Waals surface area contributed by atoms with E-state index in [0.717, 1.165) is 92.4 Å². The minimum Gasteiger partial charge on any atom is -0.303 e. The number of unbranched alkanes of at least 4 members (excludes halogenated alkanes) is 1. The van der Waals surface area contributed by atoms with Crippen molar-refractivity contribution in [2.24, 2.45) is 58.7 Å². The molecule has 0 aromatic heterocycles. The van der Waals surface area contributed by atoms with Crippen LogP contribution in [0.25, 0.3) is 0 Å². The van der Waals surface area contributed by atoms with Gasteiger partial charge in [-0.2, -0.15) is 0 Å². The SMILES string of the molecule is C=CCC(C)CC(C)C.CC(C)CC(C)CC(C)C=O.CC(C)CC(C)CCC(C)(C)C=O.CC(C)CC(C)CCCC=O. The molecule has 0 amide bonds. The van der Waals surface area contributed by atoms with Crippen LogP contribution in [0.15, 0.2) is 12.7 Å². The van der Waals surface area contributed by atoms with Crippen LogP contribution >= 0.6 is 0 Å². The summed E-state index contributed by atoms with van der Waals surface area (Å²) in [6.45, 7) is 36.7. The minimum atomic E-state index is -0.120. The minimum absolute atomic E-state index is 0.120. The Labute approximate surface area is 278 Å². The third kappa shape index (κ3) is 45.2. The molecule has 44 heavy (non-hydrogen) atoms. The van der Waals surface area contributed by atoms with Crippen LogP contribution in [-0.2, 0) is 14.4 Å². The second-order valence-electron chi connectivity index (χ2n) is 16.6. The van der Waals surface area contributed by atoms with Gasteiger partial charge in [0.05, 0.1) is 0 Å². The Morgan fingerprint density at radius 1 is 0.568 bits per heavy atom. The van der Waals surface area contributed by atoms with Gasteiger partial charge in [0.15, 0.2) is 0 Å². The molecular weight excluding hydrogens is 540 g/mol. The van der Waals surface area contributed by atoms with Gasteiger partial charge in [0.2, 0.25) is 0 Å². The van der Waals surface area contributed by atoms with E-state index in [2.05, 4.69) is 89.7 Å². The van der Waals surface area contributed by atoms with Gasteiger partial charge in [-0.3, -0.25) is 0 Å². The molecule has 3 heteroatoms. The van der Waals surface area contributed by atoms with Gasteiger partial charge in [-0.15, -0.1) is 6.58 Å². The van der Waals surface area contributed by atoms with Crippen molar-refractivity contribution in [3.63, 3.8) is 0 Å². The van der Waals surface area contributed by atoms with Crippen LogP contribution in [-0.4, -0.2) is 18.9 Å². The van der Waals surface area contributed by atoms with Gasteiger partial charge in [-0.25, -0.2) is 0 Å². The quantitative estimate of drug-likeness (QED) is 0.0727. The van der Waals surface area contributed by atoms with Crippen molar-refractivity contribution in [3.05, 3.63) is 12.7 Å². The van der Waals surface area contributed by atoms with Crippen LogP contribution in [0.3, 0.4) is 0 Å². The fourth-order valence-corrected chi connectivity index (χ4v) is 5.85. The second kappa shape index (κ2) is 31.7. The Morgan fingerprint density at radius 3 is 1.34 bits per heavy atom. The van der Waals surface area contributed by atoms with Crippen LogP contribution in [0.5, 0.6) is 0 Å². The van der Waals surface area contributed by atoms with E-state index in [1.807, 2.05) is 26.8 Å². The molecule has 0 spiro atoms. The molecular formula is C41H82O3. The Kier molecular flexibility index (Phi) is 35.8. The lowest BCUT2D eigenvalue weighted by Gasteiger charge is -2.20. The van der Waals surface area contributed by atoms with E-state index in [-0.39, 0.29) is 11.3 Å². The highest BCUT2D eigenvalue weighted by Crippen LogP contribution is 2.25. The van der Waals surface area contributed by atoms with E-state index in [1.165, 1.54) is 38.5 Å². The number of hydrogen-bond donors (Lipinski definition) is 0. The predicted molar refractivity (Wildman–Crippen MR) is 198 cm³/mol. The fourth-order valence-electron chi connectivity index (χ4n) is 5.85. The van der Waals surface area contributed by atoms with E-state index < -0.39 is 0 Å². The maximum absolute atomic E-state index is 10.7. The molecule has 0 saturated carbocycles. The first-order valence-corrected chi connectivity index (χ1v) is 18.2. The zero-order chi connectivity index (χ0) is 35.3. The lowest BCUT2D eigenvalue weighted by Crippen LogP contribution is -2.14. The molecule has 0 aromatic rings. The first kappa shape index (κ1) is 49.6. The number of rotatable bonds is 21. The monoisotopic (exact) mass is 623 g/mol. The summed E-state index contributed by atoms with van der Waals surface area (Å²) in [6, 6.07) is 0. The van der Waals surface area contributed by atoms with Gasteiger partial charge in [0.25, 0.3) is 0 Å². The summed E-state index contributed by atoms with van der Waals surface area (Å²) >= 11 is 0. The molecule has 0 rings (SSSR count). The van der Waals surface area contributed by atoms with E-state index in [4.69, 9.17) is 0 Å². The molecule has 0 aromatic carbocycles. The first-order chi connectivity index (χ1) is 20.3. The van der Waals surface area contributed by atoms with Gasteiger partial charge in [-0.1, -0.05) is 116 Å². The number of carbonyl (C=O) groups excluding carboxylic acids is 3. The van der Waals surface area contributed by atoms with Crippen molar-refractivity contribution in [1.29, 1.82) is 0 Å². The van der Waals surface area contributed by atoms with Crippen molar-refractivity contribution < 1.29 is 14.4 Å².